The number of ether oxygens (including phenoxy) is 1. The second-order valence-corrected chi connectivity index (χ2v) is 6.92. The smallest absolute Gasteiger partial charge is 0.242 e. The first-order chi connectivity index (χ1) is 12.6. The number of benzene rings is 1. The molecule has 1 saturated carbocycles. The Hall–Kier alpha value is -2.24. The number of nitrogens with one attached hydrogen (secondary N) is 3. The molecule has 0 aromatic heterocycles. The molecule has 0 radical (unpaired) electrons. The summed E-state index contributed by atoms with van der Waals surface area (Å²) in [6.45, 7) is 5.73. The molecule has 0 saturated heterocycles. The van der Waals surface area contributed by atoms with E-state index in [0.717, 1.165) is 42.6 Å². The van der Waals surface area contributed by atoms with E-state index in [9.17, 15) is 4.79 Å². The van der Waals surface area contributed by atoms with Gasteiger partial charge in [-0.15, -0.1) is 0 Å². The average Bonchev–Trinajstić information content (AvgIpc) is 2.66. The van der Waals surface area contributed by atoms with E-state index in [2.05, 4.69) is 27.9 Å². The van der Waals surface area contributed by atoms with Crippen molar-refractivity contribution in [2.24, 2.45) is 10.9 Å². The molecule has 1 amide bonds. The highest BCUT2D eigenvalue weighted by Gasteiger charge is 2.18. The lowest BCUT2D eigenvalue weighted by Gasteiger charge is -2.28. The normalized spacial score (nSPS) is 20.3. The summed E-state index contributed by atoms with van der Waals surface area (Å²) in [5, 5.41) is 9.59. The van der Waals surface area contributed by atoms with E-state index in [4.69, 9.17) is 4.74 Å². The van der Waals surface area contributed by atoms with Gasteiger partial charge in [-0.05, 0) is 56.2 Å². The molecule has 0 aliphatic heterocycles. The van der Waals surface area contributed by atoms with Crippen molar-refractivity contribution in [2.75, 3.05) is 20.2 Å². The van der Waals surface area contributed by atoms with Crippen LogP contribution in [0.15, 0.2) is 29.3 Å². The Morgan fingerprint density at radius 2 is 1.85 bits per heavy atom. The van der Waals surface area contributed by atoms with Gasteiger partial charge in [0.15, 0.2) is 5.96 Å². The van der Waals surface area contributed by atoms with Crippen molar-refractivity contribution in [1.29, 1.82) is 0 Å². The van der Waals surface area contributed by atoms with Crippen LogP contribution in [0.2, 0.25) is 0 Å². The van der Waals surface area contributed by atoms with Gasteiger partial charge in [0.1, 0.15) is 12.3 Å². The fourth-order valence-electron chi connectivity index (χ4n) is 3.07. The predicted octanol–water partition coefficient (Wildman–Crippen LogP) is 2.45. The monoisotopic (exact) mass is 360 g/mol. The Kier molecular flexibility index (Phi) is 8.25. The third-order valence-corrected chi connectivity index (χ3v) is 4.73. The largest absolute Gasteiger partial charge is 0.497 e. The van der Waals surface area contributed by atoms with Crippen molar-refractivity contribution < 1.29 is 9.53 Å². The lowest BCUT2D eigenvalue weighted by molar-refractivity contribution is -0.119. The minimum atomic E-state index is -0.0877. The van der Waals surface area contributed by atoms with Gasteiger partial charge >= 0.3 is 0 Å². The molecule has 1 fully saturated rings. The predicted molar refractivity (Wildman–Crippen MR) is 105 cm³/mol. The number of rotatable bonds is 7. The second-order valence-electron chi connectivity index (χ2n) is 6.92. The summed E-state index contributed by atoms with van der Waals surface area (Å²) in [5.41, 5.74) is 1.03. The van der Waals surface area contributed by atoms with Crippen LogP contribution in [0.4, 0.5) is 0 Å². The zero-order valence-electron chi connectivity index (χ0n) is 16.2. The average molecular weight is 361 g/mol. The van der Waals surface area contributed by atoms with Gasteiger partial charge in [0, 0.05) is 19.1 Å². The molecular weight excluding hydrogens is 328 g/mol. The topological polar surface area (TPSA) is 74.8 Å². The standard InChI is InChI=1S/C20H32N4O2/c1-4-21-20(24-17-9-5-15(2)6-10-17)23-14-19(25)22-13-16-7-11-18(26-3)12-8-16/h7-8,11-12,15,17H,4-6,9-10,13-14H2,1-3H3,(H,22,25)(H2,21,23,24). The Labute approximate surface area is 156 Å². The van der Waals surface area contributed by atoms with Gasteiger partial charge in [-0.1, -0.05) is 19.1 Å². The summed E-state index contributed by atoms with van der Waals surface area (Å²) in [4.78, 5) is 16.5. The van der Waals surface area contributed by atoms with Crippen LogP contribution in [0.3, 0.4) is 0 Å². The molecule has 1 aromatic rings. The van der Waals surface area contributed by atoms with Gasteiger partial charge in [0.2, 0.25) is 5.91 Å². The highest BCUT2D eigenvalue weighted by molar-refractivity contribution is 5.85. The van der Waals surface area contributed by atoms with Crippen molar-refractivity contribution in [1.82, 2.24) is 16.0 Å². The van der Waals surface area contributed by atoms with Crippen LogP contribution in [0.25, 0.3) is 0 Å². The summed E-state index contributed by atoms with van der Waals surface area (Å²) < 4.78 is 5.13. The number of amides is 1. The van der Waals surface area contributed by atoms with Crippen LogP contribution in [0.5, 0.6) is 5.75 Å². The molecule has 3 N–H and O–H groups in total. The molecule has 0 unspecified atom stereocenters. The van der Waals surface area contributed by atoms with E-state index >= 15 is 0 Å². The van der Waals surface area contributed by atoms with Crippen molar-refractivity contribution in [3.05, 3.63) is 29.8 Å². The van der Waals surface area contributed by atoms with Gasteiger partial charge in [-0.3, -0.25) is 4.79 Å². The minimum Gasteiger partial charge on any atom is -0.497 e. The molecule has 0 bridgehead atoms. The second kappa shape index (κ2) is 10.7. The molecule has 6 heteroatoms. The third-order valence-electron chi connectivity index (χ3n) is 4.73. The Morgan fingerprint density at radius 1 is 1.15 bits per heavy atom. The van der Waals surface area contributed by atoms with Gasteiger partial charge in [0.05, 0.1) is 7.11 Å². The first-order valence-corrected chi connectivity index (χ1v) is 9.55. The van der Waals surface area contributed by atoms with Crippen LogP contribution in [0, 0.1) is 5.92 Å². The molecule has 1 aliphatic rings. The quantitative estimate of drug-likeness (QED) is 0.516. The Bertz CT molecular complexity index is 578. The maximum atomic E-state index is 12.1. The Balaban J connectivity index is 1.78. The maximum absolute atomic E-state index is 12.1. The molecule has 1 aliphatic carbocycles. The third kappa shape index (κ3) is 6.94. The summed E-state index contributed by atoms with van der Waals surface area (Å²) >= 11 is 0. The van der Waals surface area contributed by atoms with Crippen molar-refractivity contribution in [3.63, 3.8) is 0 Å². The zero-order valence-corrected chi connectivity index (χ0v) is 16.2. The lowest BCUT2D eigenvalue weighted by atomic mass is 9.87. The molecule has 26 heavy (non-hydrogen) atoms. The van der Waals surface area contributed by atoms with Crippen LogP contribution in [-0.2, 0) is 11.3 Å². The number of aliphatic imine (C=N–C) groups is 1. The number of guanidine groups is 1. The molecule has 144 valence electrons. The number of carbonyl (C=O) groups excluding carboxylic acids is 1. The molecule has 0 atom stereocenters. The van der Waals surface area contributed by atoms with E-state index in [1.54, 1.807) is 7.11 Å². The first-order valence-electron chi connectivity index (χ1n) is 9.55. The molecule has 1 aromatic carbocycles. The van der Waals surface area contributed by atoms with E-state index in [0.29, 0.717) is 12.6 Å². The summed E-state index contributed by atoms with van der Waals surface area (Å²) in [7, 11) is 1.64. The first kappa shape index (κ1) is 20.1. The molecule has 6 nitrogen and oxygen atoms in total. The van der Waals surface area contributed by atoms with E-state index in [1.807, 2.05) is 31.2 Å². The van der Waals surface area contributed by atoms with E-state index in [-0.39, 0.29) is 12.5 Å². The summed E-state index contributed by atoms with van der Waals surface area (Å²) in [6, 6.07) is 8.11. The molecule has 0 heterocycles. The minimum absolute atomic E-state index is 0.0877. The van der Waals surface area contributed by atoms with Crippen LogP contribution < -0.4 is 20.7 Å². The van der Waals surface area contributed by atoms with Crippen LogP contribution in [-0.4, -0.2) is 38.1 Å². The van der Waals surface area contributed by atoms with E-state index < -0.39 is 0 Å². The van der Waals surface area contributed by atoms with Crippen molar-refractivity contribution in [2.45, 2.75) is 52.1 Å². The van der Waals surface area contributed by atoms with Gasteiger partial charge in [-0.2, -0.15) is 0 Å². The lowest BCUT2D eigenvalue weighted by Crippen LogP contribution is -2.45. The van der Waals surface area contributed by atoms with Gasteiger partial charge in [0.25, 0.3) is 0 Å². The number of hydrogen-bond acceptors (Lipinski definition) is 3. The summed E-state index contributed by atoms with van der Waals surface area (Å²) in [5.74, 6) is 2.27. The van der Waals surface area contributed by atoms with Crippen molar-refractivity contribution >= 4 is 11.9 Å². The summed E-state index contributed by atoms with van der Waals surface area (Å²) in [6.07, 6.45) is 4.82. The highest BCUT2D eigenvalue weighted by atomic mass is 16.5. The zero-order chi connectivity index (χ0) is 18.8. The van der Waals surface area contributed by atoms with E-state index in [1.165, 1.54) is 12.8 Å². The Morgan fingerprint density at radius 3 is 2.46 bits per heavy atom. The molecule has 2 rings (SSSR count). The maximum Gasteiger partial charge on any atom is 0.242 e. The number of hydrogen-bond donors (Lipinski definition) is 3. The van der Waals surface area contributed by atoms with Gasteiger partial charge < -0.3 is 20.7 Å². The van der Waals surface area contributed by atoms with Gasteiger partial charge in [-0.25, -0.2) is 4.99 Å². The fraction of sp³-hybridized carbons (Fsp3) is 0.600. The number of nitrogens with zero attached hydrogens (tertiary/aromatic N) is 1. The SMILES string of the molecule is CCNC(=NCC(=O)NCc1ccc(OC)cc1)NC1CCC(C)CC1. The fourth-order valence-corrected chi connectivity index (χ4v) is 3.07. The molecule has 0 spiro atoms. The number of methoxy groups -OCH3 is 1. The highest BCUT2D eigenvalue weighted by Crippen LogP contribution is 2.23. The number of carbonyl (C=O) groups is 1. The molecular formula is C20H32N4O2. The van der Waals surface area contributed by atoms with Crippen LogP contribution in [0.1, 0.15) is 45.1 Å². The van der Waals surface area contributed by atoms with Crippen molar-refractivity contribution in [3.8, 4) is 5.75 Å². The van der Waals surface area contributed by atoms with Crippen LogP contribution >= 0.6 is 0 Å².